The van der Waals surface area contributed by atoms with E-state index in [4.69, 9.17) is 4.98 Å². The number of para-hydroxylation sites is 1. The average molecular weight is 303 g/mol. The molecule has 1 saturated heterocycles. The van der Waals surface area contributed by atoms with Crippen molar-refractivity contribution < 1.29 is 4.79 Å². The Morgan fingerprint density at radius 2 is 2.24 bits per heavy atom. The molecule has 0 saturated carbocycles. The highest BCUT2D eigenvalue weighted by Crippen LogP contribution is 2.36. The lowest BCUT2D eigenvalue weighted by Gasteiger charge is -2.23. The first-order valence-corrected chi connectivity index (χ1v) is 8.26. The van der Waals surface area contributed by atoms with Gasteiger partial charge in [0.1, 0.15) is 5.01 Å². The summed E-state index contributed by atoms with van der Waals surface area (Å²) in [6, 6.07) is 8.69. The van der Waals surface area contributed by atoms with Gasteiger partial charge in [-0.1, -0.05) is 12.1 Å². The number of benzene rings is 1. The van der Waals surface area contributed by atoms with E-state index in [9.17, 15) is 4.79 Å². The maximum atomic E-state index is 11.8. The second kappa shape index (κ2) is 6.12. The van der Waals surface area contributed by atoms with Crippen molar-refractivity contribution in [3.8, 4) is 0 Å². The van der Waals surface area contributed by atoms with Crippen LogP contribution in [0.1, 0.15) is 30.3 Å². The normalized spacial score (nSPS) is 19.2. The zero-order valence-electron chi connectivity index (χ0n) is 12.6. The van der Waals surface area contributed by atoms with Crippen LogP contribution in [0.2, 0.25) is 0 Å². The molecule has 1 aliphatic rings. The molecule has 21 heavy (non-hydrogen) atoms. The number of carbonyl (C=O) groups is 1. The van der Waals surface area contributed by atoms with E-state index < -0.39 is 0 Å². The Labute approximate surface area is 129 Å². The fraction of sp³-hybridized carbons (Fsp3) is 0.500. The molecule has 5 heteroatoms. The molecule has 1 aliphatic heterocycles. The number of thiazole rings is 1. The van der Waals surface area contributed by atoms with E-state index >= 15 is 0 Å². The molecule has 0 bridgehead atoms. The van der Waals surface area contributed by atoms with Gasteiger partial charge < -0.3 is 4.90 Å². The van der Waals surface area contributed by atoms with Crippen molar-refractivity contribution in [1.82, 2.24) is 14.8 Å². The fourth-order valence-corrected chi connectivity index (χ4v) is 4.01. The third-order valence-electron chi connectivity index (χ3n) is 4.07. The molecule has 1 fully saturated rings. The zero-order chi connectivity index (χ0) is 14.8. The van der Waals surface area contributed by atoms with Gasteiger partial charge in [-0.2, -0.15) is 0 Å². The smallest absolute Gasteiger partial charge is 0.223 e. The van der Waals surface area contributed by atoms with E-state index in [1.165, 1.54) is 16.1 Å². The number of amides is 1. The van der Waals surface area contributed by atoms with Gasteiger partial charge in [0.2, 0.25) is 5.91 Å². The first-order valence-electron chi connectivity index (χ1n) is 7.45. The number of carbonyl (C=O) groups excluding carboxylic acids is 1. The van der Waals surface area contributed by atoms with Crippen molar-refractivity contribution >= 4 is 27.5 Å². The summed E-state index contributed by atoms with van der Waals surface area (Å²) in [7, 11) is 3.63. The van der Waals surface area contributed by atoms with E-state index in [0.717, 1.165) is 25.0 Å². The topological polar surface area (TPSA) is 36.4 Å². The second-order valence-corrected chi connectivity index (χ2v) is 6.81. The predicted octanol–water partition coefficient (Wildman–Crippen LogP) is 2.91. The van der Waals surface area contributed by atoms with Crippen molar-refractivity contribution in [2.24, 2.45) is 0 Å². The number of rotatable bonds is 4. The van der Waals surface area contributed by atoms with Crippen LogP contribution in [0.4, 0.5) is 0 Å². The third-order valence-corrected chi connectivity index (χ3v) is 5.21. The lowest BCUT2D eigenvalue weighted by molar-refractivity contribution is -0.129. The highest BCUT2D eigenvalue weighted by Gasteiger charge is 2.28. The van der Waals surface area contributed by atoms with Crippen molar-refractivity contribution in [3.63, 3.8) is 0 Å². The van der Waals surface area contributed by atoms with Crippen molar-refractivity contribution in [2.45, 2.75) is 25.3 Å². The molecule has 1 aromatic heterocycles. The van der Waals surface area contributed by atoms with Crippen LogP contribution in [0.3, 0.4) is 0 Å². The summed E-state index contributed by atoms with van der Waals surface area (Å²) in [6.07, 6.45) is 2.93. The van der Waals surface area contributed by atoms with Gasteiger partial charge in [0.05, 0.1) is 16.3 Å². The maximum absolute atomic E-state index is 11.8. The molecule has 1 amide bonds. The van der Waals surface area contributed by atoms with Gasteiger partial charge in [0, 0.05) is 27.1 Å². The summed E-state index contributed by atoms with van der Waals surface area (Å²) in [5.41, 5.74) is 1.09. The fourth-order valence-electron chi connectivity index (χ4n) is 2.87. The second-order valence-electron chi connectivity index (χ2n) is 5.75. The van der Waals surface area contributed by atoms with Gasteiger partial charge in [-0.3, -0.25) is 9.69 Å². The van der Waals surface area contributed by atoms with E-state index in [1.807, 2.05) is 20.2 Å². The number of nitrogens with zero attached hydrogens (tertiary/aromatic N) is 3. The summed E-state index contributed by atoms with van der Waals surface area (Å²) in [4.78, 5) is 20.6. The summed E-state index contributed by atoms with van der Waals surface area (Å²) in [5, 5.41) is 1.20. The van der Waals surface area contributed by atoms with Crippen LogP contribution in [-0.2, 0) is 4.79 Å². The van der Waals surface area contributed by atoms with Gasteiger partial charge in [-0.15, -0.1) is 11.3 Å². The number of likely N-dealkylation sites (tertiary alicyclic amines) is 1. The van der Waals surface area contributed by atoms with Gasteiger partial charge in [-0.05, 0) is 31.5 Å². The molecule has 2 aromatic rings. The van der Waals surface area contributed by atoms with Crippen LogP contribution in [0.25, 0.3) is 10.2 Å². The molecular formula is C16H21N3OS. The summed E-state index contributed by atoms with van der Waals surface area (Å²) >= 11 is 1.79. The number of hydrogen-bond donors (Lipinski definition) is 0. The minimum Gasteiger partial charge on any atom is -0.349 e. The number of aromatic nitrogens is 1. The van der Waals surface area contributed by atoms with Gasteiger partial charge in [0.15, 0.2) is 0 Å². The molecule has 0 N–H and O–H groups in total. The van der Waals surface area contributed by atoms with Gasteiger partial charge in [0.25, 0.3) is 0 Å². The van der Waals surface area contributed by atoms with Gasteiger partial charge >= 0.3 is 0 Å². The quantitative estimate of drug-likeness (QED) is 0.871. The molecule has 2 heterocycles. The number of hydrogen-bond acceptors (Lipinski definition) is 4. The summed E-state index contributed by atoms with van der Waals surface area (Å²) < 4.78 is 1.25. The Morgan fingerprint density at radius 3 is 3.00 bits per heavy atom. The van der Waals surface area contributed by atoms with Crippen LogP contribution >= 0.6 is 11.3 Å². The van der Waals surface area contributed by atoms with Crippen molar-refractivity contribution in [1.29, 1.82) is 0 Å². The van der Waals surface area contributed by atoms with Crippen molar-refractivity contribution in [2.75, 3.05) is 27.2 Å². The minimum absolute atomic E-state index is 0.199. The predicted molar refractivity (Wildman–Crippen MR) is 86.5 cm³/mol. The molecule has 1 aromatic carbocycles. The highest BCUT2D eigenvalue weighted by molar-refractivity contribution is 7.18. The Kier molecular flexibility index (Phi) is 4.22. The summed E-state index contributed by atoms with van der Waals surface area (Å²) in [6.45, 7) is 1.90. The largest absolute Gasteiger partial charge is 0.349 e. The van der Waals surface area contributed by atoms with E-state index in [1.54, 1.807) is 16.2 Å². The Morgan fingerprint density at radius 1 is 1.43 bits per heavy atom. The summed E-state index contributed by atoms with van der Waals surface area (Å²) in [5.74, 6) is 0.199. The molecule has 0 aliphatic carbocycles. The van der Waals surface area contributed by atoms with Crippen LogP contribution in [0.5, 0.6) is 0 Å². The van der Waals surface area contributed by atoms with E-state index in [0.29, 0.717) is 12.5 Å². The van der Waals surface area contributed by atoms with Crippen molar-refractivity contribution in [3.05, 3.63) is 29.3 Å². The monoisotopic (exact) mass is 303 g/mol. The molecule has 112 valence electrons. The Hall–Kier alpha value is -1.46. The van der Waals surface area contributed by atoms with Crippen LogP contribution < -0.4 is 0 Å². The molecule has 0 unspecified atom stereocenters. The molecular weight excluding hydrogens is 282 g/mol. The third kappa shape index (κ3) is 3.09. The SMILES string of the molecule is CN(C)C(=O)CCN1CCC[C@H]1c1nc2ccccc2s1. The standard InChI is InChI=1S/C16H21N3OS/c1-18(2)15(20)9-11-19-10-5-7-13(19)16-17-12-6-3-4-8-14(12)21-16/h3-4,6,8,13H,5,7,9-11H2,1-2H3/t13-/m0/s1. The average Bonchev–Trinajstić information content (AvgIpc) is 3.10. The van der Waals surface area contributed by atoms with E-state index in [2.05, 4.69) is 23.1 Å². The molecule has 1 atom stereocenters. The first kappa shape index (κ1) is 14.5. The first-order chi connectivity index (χ1) is 10.1. The van der Waals surface area contributed by atoms with Crippen LogP contribution in [0.15, 0.2) is 24.3 Å². The lowest BCUT2D eigenvalue weighted by atomic mass is 10.2. The van der Waals surface area contributed by atoms with Crippen LogP contribution in [-0.4, -0.2) is 47.9 Å². The molecule has 3 rings (SSSR count). The number of fused-ring (bicyclic) bond motifs is 1. The molecule has 4 nitrogen and oxygen atoms in total. The maximum Gasteiger partial charge on any atom is 0.223 e. The minimum atomic E-state index is 0.199. The molecule has 0 radical (unpaired) electrons. The Balaban J connectivity index is 1.72. The lowest BCUT2D eigenvalue weighted by Crippen LogP contribution is -2.30. The van der Waals surface area contributed by atoms with Gasteiger partial charge in [-0.25, -0.2) is 4.98 Å². The van der Waals surface area contributed by atoms with Crippen LogP contribution in [0, 0.1) is 0 Å². The molecule has 0 spiro atoms. The zero-order valence-corrected chi connectivity index (χ0v) is 13.4. The van der Waals surface area contributed by atoms with E-state index in [-0.39, 0.29) is 5.91 Å². The Bertz CT molecular complexity index is 604. The highest BCUT2D eigenvalue weighted by atomic mass is 32.1.